The first-order valence-electron chi connectivity index (χ1n) is 5.91. The normalized spacial score (nSPS) is 26.2. The molecule has 2 N–H and O–H groups in total. The van der Waals surface area contributed by atoms with Crippen LogP contribution in [-0.4, -0.2) is 42.4 Å². The van der Waals surface area contributed by atoms with Crippen molar-refractivity contribution in [2.75, 3.05) is 13.1 Å². The second-order valence-corrected chi connectivity index (χ2v) is 5.94. The molecule has 0 spiro atoms. The summed E-state index contributed by atoms with van der Waals surface area (Å²) in [5, 5.41) is 9.36. The number of hydrogen-bond donors (Lipinski definition) is 2. The largest absolute Gasteiger partial charge is 0.480 e. The van der Waals surface area contributed by atoms with Gasteiger partial charge in [-0.2, -0.15) is 12.7 Å². The van der Waals surface area contributed by atoms with Crippen LogP contribution in [-0.2, 0) is 15.0 Å². The van der Waals surface area contributed by atoms with Crippen LogP contribution in [0.3, 0.4) is 0 Å². The third-order valence-corrected chi connectivity index (χ3v) is 4.87. The van der Waals surface area contributed by atoms with Gasteiger partial charge in [-0.15, -0.1) is 0 Å². The van der Waals surface area contributed by atoms with Crippen LogP contribution < -0.4 is 4.72 Å². The number of aliphatic carboxylic acids is 1. The van der Waals surface area contributed by atoms with Crippen molar-refractivity contribution in [3.05, 3.63) is 0 Å². The van der Waals surface area contributed by atoms with E-state index >= 15 is 0 Å². The van der Waals surface area contributed by atoms with Gasteiger partial charge in [-0.05, 0) is 19.3 Å². The van der Waals surface area contributed by atoms with Crippen LogP contribution in [0.5, 0.6) is 0 Å². The molecule has 0 aromatic carbocycles. The molecule has 7 heteroatoms. The summed E-state index contributed by atoms with van der Waals surface area (Å²) >= 11 is 0. The molecule has 1 heterocycles. The van der Waals surface area contributed by atoms with Crippen molar-refractivity contribution in [2.45, 2.75) is 45.1 Å². The van der Waals surface area contributed by atoms with E-state index in [1.807, 2.05) is 6.92 Å². The van der Waals surface area contributed by atoms with Crippen molar-refractivity contribution in [3.8, 4) is 0 Å². The molecular weight excluding hydrogens is 244 g/mol. The molecular formula is C10H20N2O4S. The minimum atomic E-state index is -3.68. The van der Waals surface area contributed by atoms with Gasteiger partial charge in [0.05, 0.1) is 0 Å². The second-order valence-electron chi connectivity index (χ2n) is 4.27. The molecule has 0 aliphatic carbocycles. The van der Waals surface area contributed by atoms with Gasteiger partial charge in [-0.3, -0.25) is 4.79 Å². The monoisotopic (exact) mass is 264 g/mol. The van der Waals surface area contributed by atoms with Gasteiger partial charge in [0.15, 0.2) is 0 Å². The molecule has 1 atom stereocenters. The Hall–Kier alpha value is -0.660. The zero-order chi connectivity index (χ0) is 13.1. The fourth-order valence-corrected chi connectivity index (χ4v) is 4.06. The maximum absolute atomic E-state index is 12.0. The Morgan fingerprint density at radius 1 is 1.47 bits per heavy atom. The summed E-state index contributed by atoms with van der Waals surface area (Å²) in [4.78, 5) is 11.4. The summed E-state index contributed by atoms with van der Waals surface area (Å²) in [6, 6.07) is 0. The third-order valence-electron chi connectivity index (χ3n) is 3.11. The van der Waals surface area contributed by atoms with Crippen LogP contribution >= 0.6 is 0 Å². The molecule has 1 aliphatic heterocycles. The quantitative estimate of drug-likeness (QED) is 0.734. The maximum Gasteiger partial charge on any atom is 0.325 e. The van der Waals surface area contributed by atoms with Gasteiger partial charge < -0.3 is 5.11 Å². The Labute approximate surface area is 102 Å². The molecule has 0 saturated carbocycles. The molecule has 1 aliphatic rings. The molecule has 1 fully saturated rings. The molecule has 0 aromatic heterocycles. The highest BCUT2D eigenvalue weighted by atomic mass is 32.2. The van der Waals surface area contributed by atoms with E-state index in [0.29, 0.717) is 25.7 Å². The zero-order valence-corrected chi connectivity index (χ0v) is 11.1. The summed E-state index contributed by atoms with van der Waals surface area (Å²) in [6.07, 6.45) is 1.98. The van der Waals surface area contributed by atoms with E-state index in [1.54, 1.807) is 6.92 Å². The van der Waals surface area contributed by atoms with Gasteiger partial charge in [0, 0.05) is 13.1 Å². The van der Waals surface area contributed by atoms with Gasteiger partial charge in [0.25, 0.3) is 10.2 Å². The lowest BCUT2D eigenvalue weighted by Crippen LogP contribution is -2.56. The number of carboxylic acid groups (broad SMARTS) is 1. The number of nitrogens with one attached hydrogen (secondary N) is 1. The van der Waals surface area contributed by atoms with E-state index in [-0.39, 0.29) is 13.1 Å². The average molecular weight is 264 g/mol. The van der Waals surface area contributed by atoms with Crippen LogP contribution in [0.2, 0.25) is 0 Å². The molecule has 0 radical (unpaired) electrons. The molecule has 1 unspecified atom stereocenters. The Morgan fingerprint density at radius 3 is 2.59 bits per heavy atom. The van der Waals surface area contributed by atoms with Crippen molar-refractivity contribution in [2.24, 2.45) is 0 Å². The van der Waals surface area contributed by atoms with Crippen molar-refractivity contribution >= 4 is 16.2 Å². The van der Waals surface area contributed by atoms with Crippen molar-refractivity contribution in [1.82, 2.24) is 9.03 Å². The van der Waals surface area contributed by atoms with Gasteiger partial charge in [0.2, 0.25) is 0 Å². The molecule has 17 heavy (non-hydrogen) atoms. The average Bonchev–Trinajstić information content (AvgIpc) is 2.64. The summed E-state index contributed by atoms with van der Waals surface area (Å²) < 4.78 is 27.4. The summed E-state index contributed by atoms with van der Waals surface area (Å²) in [5.41, 5.74) is -1.25. The Bertz CT molecular complexity index is 382. The third kappa shape index (κ3) is 2.61. The summed E-state index contributed by atoms with van der Waals surface area (Å²) in [5.74, 6) is -1.04. The molecule has 6 nitrogen and oxygen atoms in total. The van der Waals surface area contributed by atoms with E-state index < -0.39 is 21.7 Å². The Kier molecular flexibility index (Phi) is 4.51. The minimum Gasteiger partial charge on any atom is -0.480 e. The highest BCUT2D eigenvalue weighted by Crippen LogP contribution is 2.35. The van der Waals surface area contributed by atoms with Crippen molar-refractivity contribution < 1.29 is 18.3 Å². The van der Waals surface area contributed by atoms with Crippen LogP contribution in [0.4, 0.5) is 0 Å². The van der Waals surface area contributed by atoms with E-state index in [2.05, 4.69) is 4.72 Å². The summed E-state index contributed by atoms with van der Waals surface area (Å²) in [6.45, 7) is 4.08. The smallest absolute Gasteiger partial charge is 0.325 e. The first-order valence-corrected chi connectivity index (χ1v) is 7.35. The fraction of sp³-hybridized carbons (Fsp3) is 0.900. The van der Waals surface area contributed by atoms with Crippen LogP contribution in [0.1, 0.15) is 39.5 Å². The van der Waals surface area contributed by atoms with Crippen LogP contribution in [0.25, 0.3) is 0 Å². The van der Waals surface area contributed by atoms with E-state index in [4.69, 9.17) is 0 Å². The first kappa shape index (κ1) is 14.4. The molecule has 1 saturated heterocycles. The lowest BCUT2D eigenvalue weighted by molar-refractivity contribution is -0.147. The van der Waals surface area contributed by atoms with E-state index in [1.165, 1.54) is 0 Å². The van der Waals surface area contributed by atoms with E-state index in [9.17, 15) is 18.3 Å². The molecule has 0 amide bonds. The zero-order valence-electron chi connectivity index (χ0n) is 10.3. The Morgan fingerprint density at radius 2 is 2.12 bits per heavy atom. The van der Waals surface area contributed by atoms with Gasteiger partial charge in [-0.1, -0.05) is 20.3 Å². The number of nitrogens with zero attached hydrogens (tertiary/aromatic N) is 1. The maximum atomic E-state index is 12.0. The predicted molar refractivity (Wildman–Crippen MR) is 63.8 cm³/mol. The van der Waals surface area contributed by atoms with Crippen LogP contribution in [0, 0.1) is 0 Å². The van der Waals surface area contributed by atoms with Crippen molar-refractivity contribution in [1.29, 1.82) is 0 Å². The minimum absolute atomic E-state index is 0.265. The summed E-state index contributed by atoms with van der Waals surface area (Å²) in [7, 11) is -3.68. The lowest BCUT2D eigenvalue weighted by atomic mass is 9.92. The fourth-order valence-electron chi connectivity index (χ4n) is 2.45. The number of hydrogen-bond acceptors (Lipinski definition) is 3. The van der Waals surface area contributed by atoms with Crippen LogP contribution in [0.15, 0.2) is 0 Å². The SMILES string of the molecule is CCCC1(C(=O)O)CCCN1S(=O)(=O)NCC. The second kappa shape index (κ2) is 5.32. The Balaban J connectivity index is 3.09. The molecule has 0 bridgehead atoms. The lowest BCUT2D eigenvalue weighted by Gasteiger charge is -2.33. The van der Waals surface area contributed by atoms with Gasteiger partial charge in [-0.25, -0.2) is 4.72 Å². The van der Waals surface area contributed by atoms with Crippen molar-refractivity contribution in [3.63, 3.8) is 0 Å². The van der Waals surface area contributed by atoms with Gasteiger partial charge in [0.1, 0.15) is 5.54 Å². The highest BCUT2D eigenvalue weighted by Gasteiger charge is 2.52. The number of carbonyl (C=O) groups is 1. The predicted octanol–water partition coefficient (Wildman–Crippen LogP) is 0.560. The number of rotatable bonds is 6. The van der Waals surface area contributed by atoms with Gasteiger partial charge >= 0.3 is 5.97 Å². The molecule has 0 aromatic rings. The van der Waals surface area contributed by atoms with E-state index in [0.717, 1.165) is 4.31 Å². The number of carboxylic acids is 1. The topological polar surface area (TPSA) is 86.7 Å². The standard InChI is InChI=1S/C10H20N2O4S/c1-3-6-10(9(13)14)7-5-8-12(10)17(15,16)11-4-2/h11H,3-8H2,1-2H3,(H,13,14). The molecule has 100 valence electrons. The highest BCUT2D eigenvalue weighted by molar-refractivity contribution is 7.87. The first-order chi connectivity index (χ1) is 7.90. The molecule has 1 rings (SSSR count).